The van der Waals surface area contributed by atoms with E-state index >= 15 is 0 Å². The molecule has 23 heavy (non-hydrogen) atoms. The molecule has 0 N–H and O–H groups in total. The first-order valence-corrected chi connectivity index (χ1v) is 10.9. The van der Waals surface area contributed by atoms with E-state index in [1.54, 1.807) is 0 Å². The Balaban J connectivity index is 2.16. The molecule has 2 aromatic carbocycles. The van der Waals surface area contributed by atoms with Crippen LogP contribution in [0.1, 0.15) is 25.0 Å². The van der Waals surface area contributed by atoms with E-state index in [4.69, 9.17) is 0 Å². The van der Waals surface area contributed by atoms with E-state index in [0.717, 1.165) is 13.1 Å². The van der Waals surface area contributed by atoms with Crippen molar-refractivity contribution < 1.29 is 0 Å². The van der Waals surface area contributed by atoms with E-state index in [1.807, 2.05) is 0 Å². The van der Waals surface area contributed by atoms with Crippen molar-refractivity contribution in [1.82, 2.24) is 9.13 Å². The summed E-state index contributed by atoms with van der Waals surface area (Å²) in [5, 5.41) is 0. The van der Waals surface area contributed by atoms with Crippen molar-refractivity contribution in [3.05, 3.63) is 71.8 Å². The van der Waals surface area contributed by atoms with Gasteiger partial charge in [0.05, 0.1) is 0 Å². The Morgan fingerprint density at radius 1 is 0.652 bits per heavy atom. The minimum Gasteiger partial charge on any atom is -0.310 e. The fourth-order valence-corrected chi connectivity index (χ4v) is 7.83. The van der Waals surface area contributed by atoms with Crippen LogP contribution in [-0.4, -0.2) is 31.6 Å². The maximum Gasteiger partial charge on any atom is 0.206 e. The molecule has 0 unspecified atom stereocenters. The third-order valence-electron chi connectivity index (χ3n) is 5.08. The van der Waals surface area contributed by atoms with E-state index < -0.39 is 8.40 Å². The monoisotopic (exact) mass is 326 g/mol. The second kappa shape index (κ2) is 8.43. The largest absolute Gasteiger partial charge is 0.310 e. The molecule has 0 atom stereocenters. The first kappa shape index (κ1) is 17.9. The molecule has 0 bridgehead atoms. The fourth-order valence-electron chi connectivity index (χ4n) is 3.63. The van der Waals surface area contributed by atoms with Crippen LogP contribution in [0.15, 0.2) is 60.7 Å². The van der Waals surface area contributed by atoms with Crippen LogP contribution in [0.25, 0.3) is 0 Å². The normalized spacial score (nSPS) is 12.1. The predicted molar refractivity (Wildman–Crippen MR) is 103 cm³/mol. The smallest absolute Gasteiger partial charge is 0.206 e. The molecule has 0 amide bonds. The molecule has 0 saturated heterocycles. The van der Waals surface area contributed by atoms with Crippen LogP contribution >= 0.6 is 0 Å². The average Bonchev–Trinajstić information content (AvgIpc) is 2.58. The van der Waals surface area contributed by atoms with Gasteiger partial charge in [0.15, 0.2) is 0 Å². The fraction of sp³-hybridized carbons (Fsp3) is 0.400. The quantitative estimate of drug-likeness (QED) is 0.647. The molecular formula is C20H30N2Si. The Kier molecular flexibility index (Phi) is 6.57. The molecule has 0 radical (unpaired) electrons. The molecule has 0 aliphatic heterocycles. The summed E-state index contributed by atoms with van der Waals surface area (Å²) >= 11 is 0. The van der Waals surface area contributed by atoms with Crippen molar-refractivity contribution in [2.75, 3.05) is 14.1 Å². The molecule has 3 heteroatoms. The molecule has 2 rings (SSSR count). The summed E-state index contributed by atoms with van der Waals surface area (Å²) in [6, 6.07) is 24.2. The second-order valence-electron chi connectivity index (χ2n) is 6.37. The molecule has 2 nitrogen and oxygen atoms in total. The van der Waals surface area contributed by atoms with E-state index in [9.17, 15) is 0 Å². The Labute approximate surface area is 142 Å². The van der Waals surface area contributed by atoms with Gasteiger partial charge in [-0.15, -0.1) is 0 Å². The van der Waals surface area contributed by atoms with E-state index in [-0.39, 0.29) is 0 Å². The molecule has 0 spiro atoms. The lowest BCUT2D eigenvalue weighted by molar-refractivity contribution is 0.377. The van der Waals surface area contributed by atoms with Gasteiger partial charge in [-0.05, 0) is 37.3 Å². The van der Waals surface area contributed by atoms with Gasteiger partial charge in [-0.2, -0.15) is 0 Å². The molecule has 0 aliphatic carbocycles. The highest BCUT2D eigenvalue weighted by atomic mass is 28.3. The number of benzene rings is 2. The Morgan fingerprint density at radius 2 is 1.00 bits per heavy atom. The van der Waals surface area contributed by atoms with Gasteiger partial charge < -0.3 is 9.13 Å². The summed E-state index contributed by atoms with van der Waals surface area (Å²) < 4.78 is 5.29. The van der Waals surface area contributed by atoms with Gasteiger partial charge in [-0.3, -0.25) is 0 Å². The number of nitrogens with zero attached hydrogens (tertiary/aromatic N) is 2. The maximum atomic E-state index is 2.64. The molecule has 124 valence electrons. The van der Waals surface area contributed by atoms with Crippen molar-refractivity contribution >= 4 is 8.40 Å². The number of hydrogen-bond acceptors (Lipinski definition) is 2. The third-order valence-corrected chi connectivity index (χ3v) is 10.5. The van der Waals surface area contributed by atoms with Crippen LogP contribution < -0.4 is 0 Å². The summed E-state index contributed by atoms with van der Waals surface area (Å²) in [6.45, 7) is 6.79. The topological polar surface area (TPSA) is 6.48 Å². The Bertz CT molecular complexity index is 517. The van der Waals surface area contributed by atoms with E-state index in [2.05, 4.69) is 97.7 Å². The Morgan fingerprint density at radius 3 is 1.30 bits per heavy atom. The van der Waals surface area contributed by atoms with Crippen molar-refractivity contribution in [2.24, 2.45) is 0 Å². The molecule has 2 aromatic rings. The highest BCUT2D eigenvalue weighted by molar-refractivity contribution is 6.74. The van der Waals surface area contributed by atoms with Crippen LogP contribution in [-0.2, 0) is 13.1 Å². The third kappa shape index (κ3) is 4.31. The van der Waals surface area contributed by atoms with Crippen molar-refractivity contribution in [2.45, 2.75) is 39.0 Å². The van der Waals surface area contributed by atoms with Gasteiger partial charge >= 0.3 is 0 Å². The van der Waals surface area contributed by atoms with Crippen molar-refractivity contribution in [3.8, 4) is 0 Å². The van der Waals surface area contributed by atoms with Gasteiger partial charge in [-0.25, -0.2) is 0 Å². The lowest BCUT2D eigenvalue weighted by Crippen LogP contribution is -2.61. The summed E-state index contributed by atoms with van der Waals surface area (Å²) in [7, 11) is 2.98. The predicted octanol–water partition coefficient (Wildman–Crippen LogP) is 4.73. The maximum absolute atomic E-state index is 2.64. The minimum absolute atomic E-state index is 1.04. The highest BCUT2D eigenvalue weighted by Crippen LogP contribution is 2.26. The molecule has 0 aromatic heterocycles. The summed E-state index contributed by atoms with van der Waals surface area (Å²) in [4.78, 5) is 0. The molecular weight excluding hydrogens is 296 g/mol. The average molecular weight is 327 g/mol. The van der Waals surface area contributed by atoms with Crippen molar-refractivity contribution in [1.29, 1.82) is 0 Å². The van der Waals surface area contributed by atoms with Gasteiger partial charge in [0.1, 0.15) is 0 Å². The van der Waals surface area contributed by atoms with E-state index in [1.165, 1.54) is 23.2 Å². The molecule has 0 aliphatic rings. The lowest BCUT2D eigenvalue weighted by atomic mass is 10.2. The first-order valence-electron chi connectivity index (χ1n) is 8.62. The summed E-state index contributed by atoms with van der Waals surface area (Å²) in [5.74, 6) is 0. The van der Waals surface area contributed by atoms with Crippen LogP contribution in [0.5, 0.6) is 0 Å². The Hall–Kier alpha value is -1.42. The summed E-state index contributed by atoms with van der Waals surface area (Å²) in [6.07, 6.45) is 0. The summed E-state index contributed by atoms with van der Waals surface area (Å²) in [5.41, 5.74) is 2.81. The molecule has 0 fully saturated rings. The van der Waals surface area contributed by atoms with Gasteiger partial charge in [0, 0.05) is 13.1 Å². The molecule has 0 saturated carbocycles. The zero-order valence-corrected chi connectivity index (χ0v) is 16.0. The zero-order chi connectivity index (χ0) is 16.7. The zero-order valence-electron chi connectivity index (χ0n) is 15.0. The van der Waals surface area contributed by atoms with Gasteiger partial charge in [0.25, 0.3) is 0 Å². The number of hydrogen-bond donors (Lipinski definition) is 0. The van der Waals surface area contributed by atoms with Crippen molar-refractivity contribution in [3.63, 3.8) is 0 Å². The lowest BCUT2D eigenvalue weighted by Gasteiger charge is -2.45. The van der Waals surface area contributed by atoms with Crippen LogP contribution in [0.4, 0.5) is 0 Å². The first-order chi connectivity index (χ1) is 11.1. The van der Waals surface area contributed by atoms with E-state index in [0.29, 0.717) is 0 Å². The van der Waals surface area contributed by atoms with Gasteiger partial charge in [0.2, 0.25) is 8.40 Å². The highest BCUT2D eigenvalue weighted by Gasteiger charge is 2.38. The van der Waals surface area contributed by atoms with Crippen LogP contribution in [0.2, 0.25) is 12.1 Å². The standard InChI is InChI=1S/C20H30N2Si/c1-5-23(6-2,21(3)17-19-13-9-7-10-14-19)22(4)18-20-15-11-8-12-16-20/h7-16H,5-6,17-18H2,1-4H3. The van der Waals surface area contributed by atoms with Crippen LogP contribution in [0.3, 0.4) is 0 Å². The minimum atomic E-state index is -1.65. The SMILES string of the molecule is CC[Si](CC)(N(C)Cc1ccccc1)N(C)Cc1ccccc1. The van der Waals surface area contributed by atoms with Crippen LogP contribution in [0, 0.1) is 0 Å². The van der Waals surface area contributed by atoms with Gasteiger partial charge in [-0.1, -0.05) is 74.5 Å². The molecule has 0 heterocycles. The second-order valence-corrected chi connectivity index (χ2v) is 11.3. The number of rotatable bonds is 8.